The topological polar surface area (TPSA) is 68.3 Å². The molecule has 0 aliphatic heterocycles. The van der Waals surface area contributed by atoms with E-state index in [1.807, 2.05) is 23.6 Å². The Balaban J connectivity index is 1.89. The zero-order valence-electron chi connectivity index (χ0n) is 12.0. The van der Waals surface area contributed by atoms with Crippen molar-refractivity contribution in [2.45, 2.75) is 20.0 Å². The quantitative estimate of drug-likeness (QED) is 0.822. The van der Waals surface area contributed by atoms with Crippen molar-refractivity contribution in [1.29, 1.82) is 0 Å². The summed E-state index contributed by atoms with van der Waals surface area (Å²) < 4.78 is 5.06. The Morgan fingerprint density at radius 1 is 1.36 bits per heavy atom. The average Bonchev–Trinajstić information content (AvgIpc) is 2.99. The largest absolute Gasteiger partial charge is 0.458 e. The Hall–Kier alpha value is -1.92. The summed E-state index contributed by atoms with van der Waals surface area (Å²) in [5.74, 6) is -0.680. The highest BCUT2D eigenvalue weighted by atomic mass is 35.5. The van der Waals surface area contributed by atoms with E-state index >= 15 is 0 Å². The van der Waals surface area contributed by atoms with Crippen LogP contribution in [0.15, 0.2) is 29.6 Å². The summed E-state index contributed by atoms with van der Waals surface area (Å²) >= 11 is 7.56. The Bertz CT molecular complexity index is 672. The Morgan fingerprint density at radius 2 is 2.14 bits per heavy atom. The molecule has 0 saturated carbocycles. The van der Waals surface area contributed by atoms with E-state index in [9.17, 15) is 9.59 Å². The van der Waals surface area contributed by atoms with Gasteiger partial charge in [0.25, 0.3) is 0 Å². The maximum atomic E-state index is 11.5. The van der Waals surface area contributed by atoms with Gasteiger partial charge in [-0.3, -0.25) is 9.59 Å². The lowest BCUT2D eigenvalue weighted by Gasteiger charge is -2.04. The predicted molar refractivity (Wildman–Crippen MR) is 85.7 cm³/mol. The number of ether oxygens (including phenoxy) is 1. The summed E-state index contributed by atoms with van der Waals surface area (Å²) in [5, 5.41) is 5.68. The number of esters is 1. The van der Waals surface area contributed by atoms with Crippen molar-refractivity contribution in [2.75, 3.05) is 6.54 Å². The summed E-state index contributed by atoms with van der Waals surface area (Å²) in [6, 6.07) is 7.43. The van der Waals surface area contributed by atoms with Crippen molar-refractivity contribution in [3.63, 3.8) is 0 Å². The lowest BCUT2D eigenvalue weighted by molar-refractivity contribution is -0.145. The third-order valence-electron chi connectivity index (χ3n) is 2.79. The van der Waals surface area contributed by atoms with Crippen LogP contribution in [0.1, 0.15) is 19.0 Å². The Morgan fingerprint density at radius 3 is 2.86 bits per heavy atom. The van der Waals surface area contributed by atoms with Crippen molar-refractivity contribution in [3.8, 4) is 10.6 Å². The molecular weight excluding hydrogens is 324 g/mol. The molecule has 0 fully saturated rings. The molecule has 1 amide bonds. The zero-order chi connectivity index (χ0) is 15.9. The normalized spacial score (nSPS) is 10.3. The molecular formula is C15H15ClN2O3S. The Labute approximate surface area is 137 Å². The van der Waals surface area contributed by atoms with Crippen LogP contribution in [0, 0.1) is 0 Å². The molecule has 0 aliphatic rings. The van der Waals surface area contributed by atoms with Crippen LogP contribution in [-0.4, -0.2) is 23.4 Å². The number of halogens is 1. The molecule has 5 nitrogen and oxygen atoms in total. The molecule has 2 aromatic rings. The van der Waals surface area contributed by atoms with E-state index in [1.54, 1.807) is 13.0 Å². The lowest BCUT2D eigenvalue weighted by Crippen LogP contribution is -2.29. The highest BCUT2D eigenvalue weighted by molar-refractivity contribution is 7.13. The van der Waals surface area contributed by atoms with E-state index in [-0.39, 0.29) is 19.1 Å². The molecule has 0 unspecified atom stereocenters. The molecule has 22 heavy (non-hydrogen) atoms. The fourth-order valence-corrected chi connectivity index (χ4v) is 2.76. The molecule has 0 radical (unpaired) electrons. The van der Waals surface area contributed by atoms with Gasteiger partial charge in [-0.2, -0.15) is 0 Å². The van der Waals surface area contributed by atoms with E-state index in [0.29, 0.717) is 17.1 Å². The second kappa shape index (κ2) is 7.91. The second-order valence-electron chi connectivity index (χ2n) is 4.41. The average molecular weight is 339 g/mol. The van der Waals surface area contributed by atoms with Gasteiger partial charge in [-0.25, -0.2) is 4.98 Å². The molecule has 2 rings (SSSR count). The number of aromatic nitrogens is 1. The standard InChI is InChI=1S/C15H15ClN2O3S/c1-2-13(19)17-7-14(20)21-8-10-9-22-15(18-10)11-5-3-4-6-12(11)16/h3-6,9H,2,7-8H2,1H3,(H,17,19). The van der Waals surface area contributed by atoms with Gasteiger partial charge in [0.2, 0.25) is 5.91 Å². The second-order valence-corrected chi connectivity index (χ2v) is 5.68. The minimum absolute atomic E-state index is 0.0712. The molecule has 116 valence electrons. The predicted octanol–water partition coefficient (Wildman–Crippen LogP) is 3.03. The molecule has 0 aliphatic carbocycles. The molecule has 1 N–H and O–H groups in total. The molecule has 1 heterocycles. The van der Waals surface area contributed by atoms with E-state index in [0.717, 1.165) is 10.6 Å². The van der Waals surface area contributed by atoms with Crippen LogP contribution in [0.5, 0.6) is 0 Å². The van der Waals surface area contributed by atoms with E-state index in [4.69, 9.17) is 16.3 Å². The summed E-state index contributed by atoms with van der Waals surface area (Å²) in [6.07, 6.45) is 0.334. The zero-order valence-corrected chi connectivity index (χ0v) is 13.5. The molecule has 0 saturated heterocycles. The van der Waals surface area contributed by atoms with E-state index < -0.39 is 5.97 Å². The van der Waals surface area contributed by atoms with Crippen molar-refractivity contribution >= 4 is 34.8 Å². The van der Waals surface area contributed by atoms with Crippen molar-refractivity contribution in [2.24, 2.45) is 0 Å². The van der Waals surface area contributed by atoms with Gasteiger partial charge in [0.05, 0.1) is 10.7 Å². The first-order chi connectivity index (χ1) is 10.6. The first kappa shape index (κ1) is 16.5. The van der Waals surface area contributed by atoms with Crippen LogP contribution in [0.2, 0.25) is 5.02 Å². The van der Waals surface area contributed by atoms with Crippen LogP contribution in [0.4, 0.5) is 0 Å². The minimum atomic E-state index is -0.492. The van der Waals surface area contributed by atoms with Gasteiger partial charge < -0.3 is 10.1 Å². The SMILES string of the molecule is CCC(=O)NCC(=O)OCc1csc(-c2ccccc2Cl)n1. The van der Waals surface area contributed by atoms with Gasteiger partial charge in [-0.15, -0.1) is 11.3 Å². The highest BCUT2D eigenvalue weighted by Crippen LogP contribution is 2.30. The van der Waals surface area contributed by atoms with Crippen molar-refractivity contribution < 1.29 is 14.3 Å². The highest BCUT2D eigenvalue weighted by Gasteiger charge is 2.10. The Kier molecular flexibility index (Phi) is 5.91. The fourth-order valence-electron chi connectivity index (χ4n) is 1.63. The summed E-state index contributed by atoms with van der Waals surface area (Å²) in [4.78, 5) is 26.9. The number of hydrogen-bond acceptors (Lipinski definition) is 5. The maximum Gasteiger partial charge on any atom is 0.325 e. The third-order valence-corrected chi connectivity index (χ3v) is 4.04. The molecule has 0 atom stereocenters. The number of benzene rings is 1. The molecule has 7 heteroatoms. The number of rotatable bonds is 6. The molecule has 1 aromatic heterocycles. The van der Waals surface area contributed by atoms with Crippen LogP contribution in [0.3, 0.4) is 0 Å². The number of carbonyl (C=O) groups excluding carboxylic acids is 2. The lowest BCUT2D eigenvalue weighted by atomic mass is 10.2. The van der Waals surface area contributed by atoms with Gasteiger partial charge in [0.15, 0.2) is 0 Å². The number of amides is 1. The first-order valence-corrected chi connectivity index (χ1v) is 7.97. The van der Waals surface area contributed by atoms with Gasteiger partial charge in [0.1, 0.15) is 18.2 Å². The molecule has 1 aromatic carbocycles. The first-order valence-electron chi connectivity index (χ1n) is 6.71. The number of nitrogens with zero attached hydrogens (tertiary/aromatic N) is 1. The van der Waals surface area contributed by atoms with E-state index in [2.05, 4.69) is 10.3 Å². The van der Waals surface area contributed by atoms with Crippen LogP contribution in [-0.2, 0) is 20.9 Å². The van der Waals surface area contributed by atoms with Gasteiger partial charge in [-0.1, -0.05) is 36.7 Å². The van der Waals surface area contributed by atoms with Crippen LogP contribution >= 0.6 is 22.9 Å². The summed E-state index contributed by atoms with van der Waals surface area (Å²) in [7, 11) is 0. The minimum Gasteiger partial charge on any atom is -0.458 e. The number of hydrogen-bond donors (Lipinski definition) is 1. The van der Waals surface area contributed by atoms with Gasteiger partial charge >= 0.3 is 5.97 Å². The van der Waals surface area contributed by atoms with E-state index in [1.165, 1.54) is 11.3 Å². The van der Waals surface area contributed by atoms with Crippen molar-refractivity contribution in [1.82, 2.24) is 10.3 Å². The number of nitrogens with one attached hydrogen (secondary N) is 1. The van der Waals surface area contributed by atoms with Crippen LogP contribution < -0.4 is 5.32 Å². The smallest absolute Gasteiger partial charge is 0.325 e. The monoisotopic (exact) mass is 338 g/mol. The van der Waals surface area contributed by atoms with Crippen LogP contribution in [0.25, 0.3) is 10.6 Å². The maximum absolute atomic E-state index is 11.5. The summed E-state index contributed by atoms with van der Waals surface area (Å²) in [5.41, 5.74) is 1.50. The molecule has 0 spiro atoms. The number of thiazole rings is 1. The fraction of sp³-hybridized carbons (Fsp3) is 0.267. The summed E-state index contributed by atoms with van der Waals surface area (Å²) in [6.45, 7) is 1.65. The number of carbonyl (C=O) groups is 2. The third kappa shape index (κ3) is 4.54. The van der Waals surface area contributed by atoms with Crippen molar-refractivity contribution in [3.05, 3.63) is 40.4 Å². The van der Waals surface area contributed by atoms with Gasteiger partial charge in [-0.05, 0) is 6.07 Å². The van der Waals surface area contributed by atoms with Gasteiger partial charge in [0, 0.05) is 17.4 Å². The molecule has 0 bridgehead atoms.